The summed E-state index contributed by atoms with van der Waals surface area (Å²) < 4.78 is 0. The molecule has 0 bridgehead atoms. The minimum atomic E-state index is -0.154. The van der Waals surface area contributed by atoms with Crippen LogP contribution >= 0.6 is 11.6 Å². The standard InChI is InChI=1S/C24H31ClN2O/c1-5-18-14-15-24(3,27(4)16-18)22(19-11-7-6-8-12-19)26-23(28)20-13-9-10-17(2)21(20)25/h6-13,18,22H,5,14-16H2,1-4H3,(H,26,28). The minimum Gasteiger partial charge on any atom is -0.343 e. The lowest BCUT2D eigenvalue weighted by Gasteiger charge is -2.50. The van der Waals surface area contributed by atoms with E-state index in [2.05, 4.69) is 43.2 Å². The lowest BCUT2D eigenvalue weighted by molar-refractivity contribution is 0.0229. The van der Waals surface area contributed by atoms with E-state index in [9.17, 15) is 4.79 Å². The Morgan fingerprint density at radius 1 is 1.25 bits per heavy atom. The lowest BCUT2D eigenvalue weighted by atomic mass is 9.75. The summed E-state index contributed by atoms with van der Waals surface area (Å²) in [6.45, 7) is 7.51. The molecular formula is C24H31ClN2O. The van der Waals surface area contributed by atoms with E-state index >= 15 is 0 Å². The van der Waals surface area contributed by atoms with Crippen LogP contribution in [0.4, 0.5) is 0 Å². The van der Waals surface area contributed by atoms with Crippen LogP contribution in [0, 0.1) is 12.8 Å². The summed E-state index contributed by atoms with van der Waals surface area (Å²) in [7, 11) is 2.18. The van der Waals surface area contributed by atoms with Crippen molar-refractivity contribution in [2.75, 3.05) is 13.6 Å². The van der Waals surface area contributed by atoms with Gasteiger partial charge < -0.3 is 5.32 Å². The Hall–Kier alpha value is -1.84. The molecule has 1 amide bonds. The Morgan fingerprint density at radius 3 is 2.61 bits per heavy atom. The van der Waals surface area contributed by atoms with Gasteiger partial charge in [0, 0.05) is 12.1 Å². The number of carbonyl (C=O) groups excluding carboxylic acids is 1. The van der Waals surface area contributed by atoms with Gasteiger partial charge in [-0.25, -0.2) is 0 Å². The van der Waals surface area contributed by atoms with Crippen LogP contribution in [-0.4, -0.2) is 29.9 Å². The molecule has 1 fully saturated rings. The summed E-state index contributed by atoms with van der Waals surface area (Å²) in [5.41, 5.74) is 2.43. The first-order valence-corrected chi connectivity index (χ1v) is 10.6. The Kier molecular flexibility index (Phi) is 6.47. The van der Waals surface area contributed by atoms with Gasteiger partial charge in [-0.3, -0.25) is 9.69 Å². The number of piperidine rings is 1. The molecule has 0 spiro atoms. The van der Waals surface area contributed by atoms with Gasteiger partial charge in [0.05, 0.1) is 16.6 Å². The largest absolute Gasteiger partial charge is 0.343 e. The highest BCUT2D eigenvalue weighted by Gasteiger charge is 2.43. The van der Waals surface area contributed by atoms with Crippen LogP contribution in [0.5, 0.6) is 0 Å². The van der Waals surface area contributed by atoms with Gasteiger partial charge in [-0.05, 0) is 56.8 Å². The quantitative estimate of drug-likeness (QED) is 0.707. The smallest absolute Gasteiger partial charge is 0.253 e. The Bertz CT molecular complexity index is 823. The van der Waals surface area contributed by atoms with Gasteiger partial charge >= 0.3 is 0 Å². The van der Waals surface area contributed by atoms with Crippen molar-refractivity contribution < 1.29 is 4.79 Å². The Morgan fingerprint density at radius 2 is 1.96 bits per heavy atom. The molecule has 3 atom stereocenters. The van der Waals surface area contributed by atoms with Gasteiger partial charge in [0.1, 0.15) is 0 Å². The molecule has 1 aliphatic heterocycles. The molecule has 2 aromatic carbocycles. The van der Waals surface area contributed by atoms with Gasteiger partial charge in [-0.2, -0.15) is 0 Å². The van der Waals surface area contributed by atoms with Crippen molar-refractivity contribution >= 4 is 17.5 Å². The van der Waals surface area contributed by atoms with Gasteiger partial charge in [-0.15, -0.1) is 0 Å². The van der Waals surface area contributed by atoms with Gasteiger partial charge in [-0.1, -0.05) is 67.4 Å². The number of likely N-dealkylation sites (tertiary alicyclic amines) is 1. The minimum absolute atomic E-state index is 0.111. The summed E-state index contributed by atoms with van der Waals surface area (Å²) in [5, 5.41) is 3.85. The number of benzene rings is 2. The number of hydrogen-bond donors (Lipinski definition) is 1. The zero-order valence-corrected chi connectivity index (χ0v) is 18.1. The molecule has 1 heterocycles. The lowest BCUT2D eigenvalue weighted by Crippen LogP contribution is -2.57. The molecule has 2 aromatic rings. The first-order valence-electron chi connectivity index (χ1n) is 10.2. The predicted molar refractivity (Wildman–Crippen MR) is 117 cm³/mol. The Labute approximate surface area is 174 Å². The highest BCUT2D eigenvalue weighted by atomic mass is 35.5. The van der Waals surface area contributed by atoms with E-state index in [0.717, 1.165) is 30.0 Å². The zero-order chi connectivity index (χ0) is 20.3. The molecule has 150 valence electrons. The van der Waals surface area contributed by atoms with Crippen LogP contribution in [0.2, 0.25) is 5.02 Å². The SMILES string of the molecule is CCC1CCC(C)(C(NC(=O)c2cccc(C)c2Cl)c2ccccc2)N(C)C1. The van der Waals surface area contributed by atoms with Crippen molar-refractivity contribution in [3.8, 4) is 0 Å². The number of likely N-dealkylation sites (N-methyl/N-ethyl adjacent to an activating group) is 1. The monoisotopic (exact) mass is 398 g/mol. The van der Waals surface area contributed by atoms with Crippen molar-refractivity contribution in [3.05, 3.63) is 70.2 Å². The summed E-state index contributed by atoms with van der Waals surface area (Å²) in [6.07, 6.45) is 3.42. The van der Waals surface area contributed by atoms with Crippen LogP contribution in [0.3, 0.4) is 0 Å². The highest BCUT2D eigenvalue weighted by Crippen LogP contribution is 2.40. The predicted octanol–water partition coefficient (Wildman–Crippen LogP) is 5.63. The Balaban J connectivity index is 1.94. The van der Waals surface area contributed by atoms with Crippen molar-refractivity contribution in [2.24, 2.45) is 5.92 Å². The number of carbonyl (C=O) groups is 1. The molecule has 0 aliphatic carbocycles. The van der Waals surface area contributed by atoms with E-state index in [1.54, 1.807) is 6.07 Å². The van der Waals surface area contributed by atoms with Crippen molar-refractivity contribution in [3.63, 3.8) is 0 Å². The molecule has 3 unspecified atom stereocenters. The molecular weight excluding hydrogens is 368 g/mol. The number of aryl methyl sites for hydroxylation is 1. The van der Waals surface area contributed by atoms with Crippen molar-refractivity contribution in [2.45, 2.75) is 51.6 Å². The molecule has 0 aromatic heterocycles. The number of rotatable bonds is 5. The first kappa shape index (κ1) is 20.9. The van der Waals surface area contributed by atoms with Gasteiger partial charge in [0.2, 0.25) is 0 Å². The molecule has 4 heteroatoms. The molecule has 1 aliphatic rings. The fourth-order valence-corrected chi connectivity index (χ4v) is 4.56. The topological polar surface area (TPSA) is 32.3 Å². The molecule has 3 rings (SSSR count). The van der Waals surface area contributed by atoms with E-state index < -0.39 is 0 Å². The van der Waals surface area contributed by atoms with E-state index in [-0.39, 0.29) is 17.5 Å². The normalized spacial score (nSPS) is 24.0. The third-order valence-corrected chi connectivity index (χ3v) is 7.01. The fourth-order valence-electron chi connectivity index (χ4n) is 4.35. The average molecular weight is 399 g/mol. The fraction of sp³-hybridized carbons (Fsp3) is 0.458. The number of nitrogens with one attached hydrogen (secondary N) is 1. The van der Waals surface area contributed by atoms with Crippen LogP contribution in [-0.2, 0) is 0 Å². The first-order chi connectivity index (χ1) is 13.4. The second kappa shape index (κ2) is 8.67. The number of nitrogens with zero attached hydrogens (tertiary/aromatic N) is 1. The zero-order valence-electron chi connectivity index (χ0n) is 17.3. The second-order valence-electron chi connectivity index (χ2n) is 8.30. The van der Waals surface area contributed by atoms with Crippen LogP contribution in [0.25, 0.3) is 0 Å². The van der Waals surface area contributed by atoms with E-state index in [4.69, 9.17) is 11.6 Å². The third kappa shape index (κ3) is 4.11. The van der Waals surface area contributed by atoms with Crippen LogP contribution in [0.15, 0.2) is 48.5 Å². The van der Waals surface area contributed by atoms with Crippen LogP contribution < -0.4 is 5.32 Å². The molecule has 0 radical (unpaired) electrons. The van der Waals surface area contributed by atoms with Crippen molar-refractivity contribution in [1.29, 1.82) is 0 Å². The third-order valence-electron chi connectivity index (χ3n) is 6.51. The molecule has 3 nitrogen and oxygen atoms in total. The van der Waals surface area contributed by atoms with Crippen molar-refractivity contribution in [1.82, 2.24) is 10.2 Å². The summed E-state index contributed by atoms with van der Waals surface area (Å²) in [5.74, 6) is 0.603. The maximum atomic E-state index is 13.2. The molecule has 1 saturated heterocycles. The second-order valence-corrected chi connectivity index (χ2v) is 8.68. The van der Waals surface area contributed by atoms with E-state index in [0.29, 0.717) is 10.6 Å². The number of halogens is 1. The van der Waals surface area contributed by atoms with E-state index in [1.165, 1.54) is 12.8 Å². The maximum Gasteiger partial charge on any atom is 0.253 e. The molecule has 28 heavy (non-hydrogen) atoms. The van der Waals surface area contributed by atoms with Crippen LogP contribution in [0.1, 0.15) is 60.6 Å². The van der Waals surface area contributed by atoms with Gasteiger partial charge in [0.15, 0.2) is 0 Å². The summed E-state index contributed by atoms with van der Waals surface area (Å²) >= 11 is 6.43. The summed E-state index contributed by atoms with van der Waals surface area (Å²) in [4.78, 5) is 15.6. The highest BCUT2D eigenvalue weighted by molar-refractivity contribution is 6.34. The summed E-state index contributed by atoms with van der Waals surface area (Å²) in [6, 6.07) is 15.8. The number of amides is 1. The molecule has 1 N–H and O–H groups in total. The maximum absolute atomic E-state index is 13.2. The molecule has 0 saturated carbocycles. The number of hydrogen-bond acceptors (Lipinski definition) is 2. The van der Waals surface area contributed by atoms with Gasteiger partial charge in [0.25, 0.3) is 5.91 Å². The van der Waals surface area contributed by atoms with E-state index in [1.807, 2.05) is 37.3 Å². The average Bonchev–Trinajstić information content (AvgIpc) is 2.70.